The van der Waals surface area contributed by atoms with Crippen molar-refractivity contribution < 1.29 is 21.6 Å². The van der Waals surface area contributed by atoms with Gasteiger partial charge in [0.25, 0.3) is 0 Å². The highest BCUT2D eigenvalue weighted by Crippen LogP contribution is 2.37. The Hall–Kier alpha value is -2.68. The summed E-state index contributed by atoms with van der Waals surface area (Å²) in [5.41, 5.74) is 0.0975. The SMILES string of the molecule is Cc1cncc(-c2nc(C(F)(F)F)c(-c3ccc(S(C)(=O)=O)cc3)[nH]2)c1. The van der Waals surface area contributed by atoms with Crippen molar-refractivity contribution in [3.63, 3.8) is 0 Å². The van der Waals surface area contributed by atoms with Crippen LogP contribution in [0.4, 0.5) is 13.2 Å². The highest BCUT2D eigenvalue weighted by molar-refractivity contribution is 7.90. The van der Waals surface area contributed by atoms with Crippen LogP contribution in [-0.4, -0.2) is 29.6 Å². The Morgan fingerprint density at radius 1 is 1.04 bits per heavy atom. The number of alkyl halides is 3. The summed E-state index contributed by atoms with van der Waals surface area (Å²) in [6.07, 6.45) is -0.635. The van der Waals surface area contributed by atoms with Gasteiger partial charge in [-0.05, 0) is 30.7 Å². The van der Waals surface area contributed by atoms with E-state index in [4.69, 9.17) is 0 Å². The molecule has 0 amide bonds. The molecule has 0 bridgehead atoms. The zero-order chi connectivity index (χ0) is 19.1. The molecule has 2 aromatic heterocycles. The van der Waals surface area contributed by atoms with E-state index < -0.39 is 21.7 Å². The van der Waals surface area contributed by atoms with E-state index in [1.807, 2.05) is 0 Å². The molecule has 0 radical (unpaired) electrons. The minimum absolute atomic E-state index is 0.0254. The van der Waals surface area contributed by atoms with E-state index in [0.29, 0.717) is 5.56 Å². The summed E-state index contributed by atoms with van der Waals surface area (Å²) in [5, 5.41) is 0. The molecule has 0 unspecified atom stereocenters. The average molecular weight is 381 g/mol. The third kappa shape index (κ3) is 3.62. The van der Waals surface area contributed by atoms with Gasteiger partial charge in [0.1, 0.15) is 5.82 Å². The molecule has 9 heteroatoms. The molecule has 1 N–H and O–H groups in total. The Morgan fingerprint density at radius 3 is 2.23 bits per heavy atom. The molecule has 3 aromatic rings. The summed E-state index contributed by atoms with van der Waals surface area (Å²) in [6, 6.07) is 6.83. The molecule has 0 fully saturated rings. The standard InChI is InChI=1S/C17H14F3N3O2S/c1-10-7-12(9-21-8-10)16-22-14(15(23-16)17(18,19)20)11-3-5-13(6-4-11)26(2,24)25/h3-9H,1-2H3,(H,22,23). The lowest BCUT2D eigenvalue weighted by molar-refractivity contribution is -0.140. The quantitative estimate of drug-likeness (QED) is 0.747. The van der Waals surface area contributed by atoms with E-state index in [1.165, 1.54) is 30.5 Å². The molecule has 0 saturated carbocycles. The van der Waals surface area contributed by atoms with Gasteiger partial charge in [0.2, 0.25) is 0 Å². The van der Waals surface area contributed by atoms with E-state index in [0.717, 1.165) is 11.8 Å². The fourth-order valence-electron chi connectivity index (χ4n) is 2.48. The number of imidazole rings is 1. The first kappa shape index (κ1) is 18.1. The third-order valence-electron chi connectivity index (χ3n) is 3.69. The first-order valence-electron chi connectivity index (χ1n) is 7.45. The van der Waals surface area contributed by atoms with Crippen molar-refractivity contribution in [3.8, 4) is 22.6 Å². The monoisotopic (exact) mass is 381 g/mol. The number of nitrogens with zero attached hydrogens (tertiary/aromatic N) is 2. The van der Waals surface area contributed by atoms with E-state index in [-0.39, 0.29) is 22.0 Å². The van der Waals surface area contributed by atoms with Crippen molar-refractivity contribution in [1.82, 2.24) is 15.0 Å². The van der Waals surface area contributed by atoms with E-state index in [9.17, 15) is 21.6 Å². The van der Waals surface area contributed by atoms with Crippen molar-refractivity contribution in [2.75, 3.05) is 6.26 Å². The lowest BCUT2D eigenvalue weighted by Gasteiger charge is -2.07. The minimum Gasteiger partial charge on any atom is -0.337 e. The Labute approximate surface area is 147 Å². The highest BCUT2D eigenvalue weighted by atomic mass is 32.2. The first-order chi connectivity index (χ1) is 12.1. The average Bonchev–Trinajstić information content (AvgIpc) is 3.00. The number of H-pyrrole nitrogens is 1. The molecule has 2 heterocycles. The van der Waals surface area contributed by atoms with E-state index >= 15 is 0 Å². The van der Waals surface area contributed by atoms with Gasteiger partial charge in [0.15, 0.2) is 15.5 Å². The number of hydrogen-bond donors (Lipinski definition) is 1. The van der Waals surface area contributed by atoms with Crippen LogP contribution in [0.25, 0.3) is 22.6 Å². The normalized spacial score (nSPS) is 12.3. The molecule has 1 aromatic carbocycles. The number of halogens is 3. The molecular formula is C17H14F3N3O2S. The fraction of sp³-hybridized carbons (Fsp3) is 0.176. The van der Waals surface area contributed by atoms with Gasteiger partial charge in [0, 0.05) is 29.8 Å². The van der Waals surface area contributed by atoms with Gasteiger partial charge in [-0.3, -0.25) is 4.98 Å². The number of aromatic nitrogens is 3. The predicted molar refractivity (Wildman–Crippen MR) is 90.1 cm³/mol. The number of benzene rings is 1. The molecular weight excluding hydrogens is 367 g/mol. The molecule has 0 aliphatic rings. The smallest absolute Gasteiger partial charge is 0.337 e. The Bertz CT molecular complexity index is 1060. The maximum atomic E-state index is 13.4. The van der Waals surface area contributed by atoms with Crippen LogP contribution in [0.3, 0.4) is 0 Å². The van der Waals surface area contributed by atoms with Crippen LogP contribution in [0, 0.1) is 6.92 Å². The van der Waals surface area contributed by atoms with Gasteiger partial charge in [0.05, 0.1) is 10.6 Å². The van der Waals surface area contributed by atoms with E-state index in [2.05, 4.69) is 15.0 Å². The van der Waals surface area contributed by atoms with Crippen molar-refractivity contribution in [2.24, 2.45) is 0 Å². The maximum absolute atomic E-state index is 13.4. The van der Waals surface area contributed by atoms with Crippen LogP contribution in [0.15, 0.2) is 47.6 Å². The van der Waals surface area contributed by atoms with Crippen LogP contribution in [0.5, 0.6) is 0 Å². The summed E-state index contributed by atoms with van der Waals surface area (Å²) in [4.78, 5) is 10.4. The van der Waals surface area contributed by atoms with E-state index in [1.54, 1.807) is 19.2 Å². The van der Waals surface area contributed by atoms with Crippen LogP contribution in [0.2, 0.25) is 0 Å². The van der Waals surface area contributed by atoms with Gasteiger partial charge < -0.3 is 4.98 Å². The van der Waals surface area contributed by atoms with Gasteiger partial charge >= 0.3 is 6.18 Å². The molecule has 0 aliphatic carbocycles. The maximum Gasteiger partial charge on any atom is 0.435 e. The highest BCUT2D eigenvalue weighted by Gasteiger charge is 2.38. The van der Waals surface area contributed by atoms with Crippen molar-refractivity contribution in [1.29, 1.82) is 0 Å². The second-order valence-corrected chi connectivity index (χ2v) is 7.87. The molecule has 136 valence electrons. The third-order valence-corrected chi connectivity index (χ3v) is 4.82. The van der Waals surface area contributed by atoms with Crippen molar-refractivity contribution in [2.45, 2.75) is 18.0 Å². The summed E-state index contributed by atoms with van der Waals surface area (Å²) in [5.74, 6) is 0.0377. The second kappa shape index (κ2) is 6.24. The van der Waals surface area contributed by atoms with Crippen LogP contribution < -0.4 is 0 Å². The molecule has 0 atom stereocenters. The summed E-state index contributed by atoms with van der Waals surface area (Å²) >= 11 is 0. The van der Waals surface area contributed by atoms with Gasteiger partial charge in [-0.1, -0.05) is 12.1 Å². The largest absolute Gasteiger partial charge is 0.435 e. The molecule has 5 nitrogen and oxygen atoms in total. The Balaban J connectivity index is 2.14. The zero-order valence-corrected chi connectivity index (χ0v) is 14.6. The predicted octanol–water partition coefficient (Wildman–Crippen LogP) is 3.87. The Kier molecular flexibility index (Phi) is 4.35. The fourth-order valence-corrected chi connectivity index (χ4v) is 3.11. The van der Waals surface area contributed by atoms with Gasteiger partial charge in [-0.2, -0.15) is 13.2 Å². The van der Waals surface area contributed by atoms with Gasteiger partial charge in [-0.25, -0.2) is 13.4 Å². The molecule has 0 saturated heterocycles. The molecule has 0 aliphatic heterocycles. The van der Waals surface area contributed by atoms with Gasteiger partial charge in [-0.15, -0.1) is 0 Å². The summed E-state index contributed by atoms with van der Waals surface area (Å²) in [6.45, 7) is 1.77. The van der Waals surface area contributed by atoms with Crippen LogP contribution >= 0.6 is 0 Å². The number of nitrogens with one attached hydrogen (secondary N) is 1. The molecule has 26 heavy (non-hydrogen) atoms. The Morgan fingerprint density at radius 2 is 1.69 bits per heavy atom. The lowest BCUT2D eigenvalue weighted by Crippen LogP contribution is -2.07. The number of sulfone groups is 1. The first-order valence-corrected chi connectivity index (χ1v) is 9.34. The summed E-state index contributed by atoms with van der Waals surface area (Å²) < 4.78 is 63.3. The number of aryl methyl sites for hydroxylation is 1. The number of hydrogen-bond acceptors (Lipinski definition) is 4. The number of rotatable bonds is 3. The molecule has 3 rings (SSSR count). The lowest BCUT2D eigenvalue weighted by atomic mass is 10.1. The van der Waals surface area contributed by atoms with Crippen LogP contribution in [0.1, 0.15) is 11.3 Å². The van der Waals surface area contributed by atoms with Crippen molar-refractivity contribution in [3.05, 3.63) is 54.0 Å². The summed E-state index contributed by atoms with van der Waals surface area (Å²) in [7, 11) is -3.44. The minimum atomic E-state index is -4.67. The van der Waals surface area contributed by atoms with Crippen LogP contribution in [-0.2, 0) is 16.0 Å². The topological polar surface area (TPSA) is 75.7 Å². The number of pyridine rings is 1. The zero-order valence-electron chi connectivity index (χ0n) is 13.8. The number of aromatic amines is 1. The second-order valence-electron chi connectivity index (χ2n) is 5.85. The van der Waals surface area contributed by atoms with Crippen molar-refractivity contribution >= 4 is 9.84 Å². The molecule has 0 spiro atoms.